The first-order chi connectivity index (χ1) is 6.47. The molecule has 5 heteroatoms. The van der Waals surface area contributed by atoms with E-state index < -0.39 is 8.32 Å². The van der Waals surface area contributed by atoms with Gasteiger partial charge in [-0.1, -0.05) is 0 Å². The molecule has 1 rings (SSSR count). The number of carbonyl (C=O) groups excluding carboxylic acids is 1. The predicted molar refractivity (Wildman–Crippen MR) is 55.4 cm³/mol. The largest absolute Gasteiger partial charge is 0.504 e. The van der Waals surface area contributed by atoms with Gasteiger partial charge in [-0.3, -0.25) is 0 Å². The van der Waals surface area contributed by atoms with Crippen molar-refractivity contribution < 1.29 is 13.6 Å². The summed E-state index contributed by atoms with van der Waals surface area (Å²) >= 11 is 0. The number of nitrogens with one attached hydrogen (secondary N) is 1. The quantitative estimate of drug-likeness (QED) is 0.784. The molecule has 14 heavy (non-hydrogen) atoms. The van der Waals surface area contributed by atoms with Gasteiger partial charge in [0.1, 0.15) is 5.76 Å². The standard InChI is InChI=1S/C9H15NO3Si/c1-14(2,3)13-9(11)10-7-8-5-4-6-12-8/h4-6H,7H2,1-3H3,(H,10,11). The zero-order valence-corrected chi connectivity index (χ0v) is 9.66. The van der Waals surface area contributed by atoms with Crippen molar-refractivity contribution in [2.75, 3.05) is 0 Å². The highest BCUT2D eigenvalue weighted by molar-refractivity contribution is 6.71. The Morgan fingerprint density at radius 1 is 1.57 bits per heavy atom. The van der Waals surface area contributed by atoms with Gasteiger partial charge in [0.25, 0.3) is 0 Å². The van der Waals surface area contributed by atoms with Gasteiger partial charge in [0.05, 0.1) is 12.8 Å². The lowest BCUT2D eigenvalue weighted by Gasteiger charge is -2.17. The van der Waals surface area contributed by atoms with Gasteiger partial charge in [0.2, 0.25) is 8.32 Å². The summed E-state index contributed by atoms with van der Waals surface area (Å²) in [7, 11) is -1.79. The normalized spacial score (nSPS) is 11.1. The summed E-state index contributed by atoms with van der Waals surface area (Å²) in [4.78, 5) is 11.2. The molecule has 0 bridgehead atoms. The van der Waals surface area contributed by atoms with Crippen LogP contribution >= 0.6 is 0 Å². The fourth-order valence-electron chi connectivity index (χ4n) is 0.887. The second-order valence-corrected chi connectivity index (χ2v) is 8.36. The van der Waals surface area contributed by atoms with Gasteiger partial charge >= 0.3 is 6.09 Å². The van der Waals surface area contributed by atoms with E-state index in [9.17, 15) is 4.79 Å². The summed E-state index contributed by atoms with van der Waals surface area (Å²) in [5.41, 5.74) is 0. The minimum absolute atomic E-state index is 0.371. The zero-order valence-electron chi connectivity index (χ0n) is 8.66. The van der Waals surface area contributed by atoms with E-state index in [1.54, 1.807) is 18.4 Å². The second kappa shape index (κ2) is 4.32. The van der Waals surface area contributed by atoms with Crippen LogP contribution in [-0.2, 0) is 11.0 Å². The van der Waals surface area contributed by atoms with Gasteiger partial charge in [-0.15, -0.1) is 0 Å². The molecule has 0 aliphatic heterocycles. The van der Waals surface area contributed by atoms with E-state index in [-0.39, 0.29) is 6.09 Å². The molecule has 0 aliphatic carbocycles. The number of hydrogen-bond acceptors (Lipinski definition) is 3. The Kier molecular flexibility index (Phi) is 3.35. The lowest BCUT2D eigenvalue weighted by molar-refractivity contribution is 0.197. The minimum Gasteiger partial charge on any atom is -0.504 e. The molecule has 0 saturated carbocycles. The van der Waals surface area contributed by atoms with Crippen LogP contribution in [0.1, 0.15) is 5.76 Å². The first-order valence-corrected chi connectivity index (χ1v) is 7.87. The average Bonchev–Trinajstić information content (AvgIpc) is 2.49. The molecule has 0 aromatic carbocycles. The lowest BCUT2D eigenvalue weighted by Crippen LogP contribution is -2.35. The fraction of sp³-hybridized carbons (Fsp3) is 0.444. The number of hydrogen-bond donors (Lipinski definition) is 1. The smallest absolute Gasteiger partial charge is 0.393 e. The third-order valence-corrected chi connectivity index (χ3v) is 2.18. The Morgan fingerprint density at radius 2 is 2.29 bits per heavy atom. The highest BCUT2D eigenvalue weighted by atomic mass is 28.4. The number of amides is 1. The Bertz CT molecular complexity index is 290. The van der Waals surface area contributed by atoms with Crippen LogP contribution in [0.3, 0.4) is 0 Å². The monoisotopic (exact) mass is 213 g/mol. The maximum atomic E-state index is 11.2. The van der Waals surface area contributed by atoms with E-state index >= 15 is 0 Å². The average molecular weight is 213 g/mol. The summed E-state index contributed by atoms with van der Waals surface area (Å²) in [6.45, 7) is 6.24. The molecule has 0 aliphatic rings. The molecule has 0 saturated heterocycles. The second-order valence-electron chi connectivity index (χ2n) is 3.93. The maximum absolute atomic E-state index is 11.2. The first-order valence-electron chi connectivity index (χ1n) is 4.46. The Labute approximate surface area is 84.4 Å². The molecular weight excluding hydrogens is 198 g/mol. The molecule has 0 unspecified atom stereocenters. The molecule has 0 fully saturated rings. The molecule has 4 nitrogen and oxygen atoms in total. The van der Waals surface area contributed by atoms with Crippen LogP contribution in [0.5, 0.6) is 0 Å². The Hall–Kier alpha value is -1.23. The third kappa shape index (κ3) is 4.13. The van der Waals surface area contributed by atoms with Crippen molar-refractivity contribution in [1.82, 2.24) is 5.32 Å². The van der Waals surface area contributed by atoms with Crippen molar-refractivity contribution in [3.63, 3.8) is 0 Å². The number of carbonyl (C=O) groups is 1. The van der Waals surface area contributed by atoms with E-state index in [4.69, 9.17) is 8.84 Å². The molecular formula is C9H15NO3Si. The summed E-state index contributed by atoms with van der Waals surface area (Å²) < 4.78 is 10.2. The van der Waals surface area contributed by atoms with Crippen LogP contribution in [0.4, 0.5) is 4.79 Å². The van der Waals surface area contributed by atoms with Gasteiger partial charge in [-0.2, -0.15) is 0 Å². The van der Waals surface area contributed by atoms with Gasteiger partial charge in [0, 0.05) is 0 Å². The Balaban J connectivity index is 2.29. The SMILES string of the molecule is C[Si](C)(C)OC(=O)NCc1ccco1. The predicted octanol–water partition coefficient (Wildman–Crippen LogP) is 2.34. The molecule has 0 atom stereocenters. The number of furan rings is 1. The van der Waals surface area contributed by atoms with Crippen molar-refractivity contribution in [3.05, 3.63) is 24.2 Å². The molecule has 1 aromatic heterocycles. The Morgan fingerprint density at radius 3 is 2.79 bits per heavy atom. The first kappa shape index (κ1) is 10.8. The molecule has 0 spiro atoms. The topological polar surface area (TPSA) is 51.5 Å². The summed E-state index contributed by atoms with van der Waals surface area (Å²) in [5, 5.41) is 2.62. The molecule has 0 radical (unpaired) electrons. The van der Waals surface area contributed by atoms with E-state index in [2.05, 4.69) is 5.32 Å². The van der Waals surface area contributed by atoms with Crippen LogP contribution < -0.4 is 5.32 Å². The highest BCUT2D eigenvalue weighted by Gasteiger charge is 2.19. The maximum Gasteiger partial charge on any atom is 0.393 e. The van der Waals surface area contributed by atoms with Crippen LogP contribution in [0.2, 0.25) is 19.6 Å². The van der Waals surface area contributed by atoms with Crippen LogP contribution in [0.15, 0.2) is 22.8 Å². The summed E-state index contributed by atoms with van der Waals surface area (Å²) in [5.74, 6) is 0.720. The van der Waals surface area contributed by atoms with E-state index in [1.807, 2.05) is 19.6 Å². The van der Waals surface area contributed by atoms with Gasteiger partial charge in [0.15, 0.2) is 0 Å². The van der Waals surface area contributed by atoms with Crippen molar-refractivity contribution in [2.24, 2.45) is 0 Å². The molecule has 1 aromatic rings. The van der Waals surface area contributed by atoms with Crippen LogP contribution in [-0.4, -0.2) is 14.4 Å². The molecule has 1 N–H and O–H groups in total. The zero-order chi connectivity index (χ0) is 10.6. The van der Waals surface area contributed by atoms with E-state index in [1.165, 1.54) is 0 Å². The highest BCUT2D eigenvalue weighted by Crippen LogP contribution is 2.03. The van der Waals surface area contributed by atoms with Crippen LogP contribution in [0, 0.1) is 0 Å². The lowest BCUT2D eigenvalue weighted by atomic mass is 10.4. The minimum atomic E-state index is -1.79. The van der Waals surface area contributed by atoms with Gasteiger partial charge in [-0.05, 0) is 31.8 Å². The number of rotatable bonds is 3. The fourth-order valence-corrected chi connectivity index (χ4v) is 1.51. The molecule has 1 amide bonds. The van der Waals surface area contributed by atoms with E-state index in [0.717, 1.165) is 5.76 Å². The third-order valence-electron chi connectivity index (χ3n) is 1.39. The van der Waals surface area contributed by atoms with Gasteiger partial charge < -0.3 is 14.2 Å². The van der Waals surface area contributed by atoms with E-state index in [0.29, 0.717) is 6.54 Å². The molecule has 78 valence electrons. The van der Waals surface area contributed by atoms with Crippen molar-refractivity contribution >= 4 is 14.4 Å². The van der Waals surface area contributed by atoms with Crippen molar-refractivity contribution in [2.45, 2.75) is 26.2 Å². The van der Waals surface area contributed by atoms with Crippen molar-refractivity contribution in [1.29, 1.82) is 0 Å². The summed E-state index contributed by atoms with van der Waals surface area (Å²) in [6.07, 6.45) is 1.20. The summed E-state index contributed by atoms with van der Waals surface area (Å²) in [6, 6.07) is 3.58. The van der Waals surface area contributed by atoms with Gasteiger partial charge in [-0.25, -0.2) is 4.79 Å². The molecule has 1 heterocycles. The van der Waals surface area contributed by atoms with Crippen LogP contribution in [0.25, 0.3) is 0 Å². The van der Waals surface area contributed by atoms with Crippen molar-refractivity contribution in [3.8, 4) is 0 Å².